The Balaban J connectivity index is 1.73. The molecule has 1 aliphatic rings. The minimum atomic E-state index is -0.258. The van der Waals surface area contributed by atoms with Crippen LogP contribution in [0.3, 0.4) is 0 Å². The monoisotopic (exact) mass is 223 g/mol. The average molecular weight is 223 g/mol. The van der Waals surface area contributed by atoms with Crippen LogP contribution >= 0.6 is 0 Å². The first-order valence-electron chi connectivity index (χ1n) is 5.07. The normalized spacial score (nSPS) is 14.6. The molecule has 0 saturated carbocycles. The molecule has 1 aromatic heterocycles. The van der Waals surface area contributed by atoms with Gasteiger partial charge in [-0.1, -0.05) is 0 Å². The van der Waals surface area contributed by atoms with Crippen LogP contribution in [-0.4, -0.2) is 35.6 Å². The lowest BCUT2D eigenvalue weighted by atomic mass is 10.4. The molecule has 1 aliphatic heterocycles. The summed E-state index contributed by atoms with van der Waals surface area (Å²) in [5.41, 5.74) is 0. The van der Waals surface area contributed by atoms with Gasteiger partial charge in [0.1, 0.15) is 25.3 Å². The molecule has 1 aromatic rings. The summed E-state index contributed by atoms with van der Waals surface area (Å²) in [6, 6.07) is 0. The van der Waals surface area contributed by atoms with E-state index >= 15 is 0 Å². The number of H-pyrrole nitrogens is 1. The molecule has 2 rings (SSSR count). The van der Waals surface area contributed by atoms with Crippen molar-refractivity contribution in [2.24, 2.45) is 0 Å². The molecule has 0 fully saturated rings. The Morgan fingerprint density at radius 1 is 1.56 bits per heavy atom. The van der Waals surface area contributed by atoms with Crippen molar-refractivity contribution in [3.05, 3.63) is 30.2 Å². The first kappa shape index (κ1) is 10.5. The Morgan fingerprint density at radius 2 is 2.50 bits per heavy atom. The maximum atomic E-state index is 11.5. The Kier molecular flexibility index (Phi) is 3.42. The van der Waals surface area contributed by atoms with E-state index in [-0.39, 0.29) is 11.7 Å². The third-order valence-corrected chi connectivity index (χ3v) is 2.08. The lowest BCUT2D eigenvalue weighted by Crippen LogP contribution is -2.30. The van der Waals surface area contributed by atoms with Crippen molar-refractivity contribution >= 4 is 5.91 Å². The summed E-state index contributed by atoms with van der Waals surface area (Å²) in [4.78, 5) is 18.5. The van der Waals surface area contributed by atoms with Crippen molar-refractivity contribution in [2.45, 2.75) is 6.42 Å². The van der Waals surface area contributed by atoms with E-state index in [1.807, 2.05) is 0 Å². The maximum absolute atomic E-state index is 11.5. The number of imidazole rings is 1. The van der Waals surface area contributed by atoms with Crippen LogP contribution in [-0.2, 0) is 20.7 Å². The molecule has 0 aliphatic carbocycles. The highest BCUT2D eigenvalue weighted by atomic mass is 16.6. The molecule has 1 amide bonds. The van der Waals surface area contributed by atoms with Crippen molar-refractivity contribution in [1.29, 1.82) is 0 Å². The number of hydrogen-bond donors (Lipinski definition) is 2. The van der Waals surface area contributed by atoms with Gasteiger partial charge in [-0.2, -0.15) is 0 Å². The van der Waals surface area contributed by atoms with Gasteiger partial charge in [-0.3, -0.25) is 4.79 Å². The Hall–Kier alpha value is -1.98. The molecule has 86 valence electrons. The third-order valence-electron chi connectivity index (χ3n) is 2.08. The Labute approximate surface area is 92.7 Å². The quantitative estimate of drug-likeness (QED) is 0.750. The molecule has 0 radical (unpaired) electrons. The van der Waals surface area contributed by atoms with E-state index in [0.29, 0.717) is 26.2 Å². The summed E-state index contributed by atoms with van der Waals surface area (Å²) in [7, 11) is 0. The van der Waals surface area contributed by atoms with Crippen molar-refractivity contribution in [1.82, 2.24) is 15.3 Å². The Bertz CT molecular complexity index is 373. The molecule has 0 unspecified atom stereocenters. The molecule has 2 N–H and O–H groups in total. The smallest absolute Gasteiger partial charge is 0.289 e. The van der Waals surface area contributed by atoms with Gasteiger partial charge < -0.3 is 19.8 Å². The SMILES string of the molecule is O=C(NCCc1ncc[nH]1)C1=COCCO1. The molecular weight excluding hydrogens is 210 g/mol. The number of nitrogens with zero attached hydrogens (tertiary/aromatic N) is 1. The van der Waals surface area contributed by atoms with Gasteiger partial charge in [0.15, 0.2) is 0 Å². The topological polar surface area (TPSA) is 76.2 Å². The molecule has 16 heavy (non-hydrogen) atoms. The van der Waals surface area contributed by atoms with Crippen LogP contribution in [0.25, 0.3) is 0 Å². The first-order chi connectivity index (χ1) is 7.86. The number of rotatable bonds is 4. The van der Waals surface area contributed by atoms with E-state index in [1.54, 1.807) is 12.4 Å². The second kappa shape index (κ2) is 5.20. The van der Waals surface area contributed by atoms with Gasteiger partial charge in [0.25, 0.3) is 5.91 Å². The van der Waals surface area contributed by atoms with Crippen LogP contribution < -0.4 is 5.32 Å². The van der Waals surface area contributed by atoms with E-state index < -0.39 is 0 Å². The molecule has 6 heteroatoms. The zero-order chi connectivity index (χ0) is 11.2. The Morgan fingerprint density at radius 3 is 3.19 bits per heavy atom. The van der Waals surface area contributed by atoms with Gasteiger partial charge in [0, 0.05) is 25.4 Å². The van der Waals surface area contributed by atoms with E-state index in [9.17, 15) is 4.79 Å². The van der Waals surface area contributed by atoms with E-state index in [1.165, 1.54) is 6.26 Å². The van der Waals surface area contributed by atoms with Crippen molar-refractivity contribution < 1.29 is 14.3 Å². The second-order valence-electron chi connectivity index (χ2n) is 3.24. The standard InChI is InChI=1S/C10H13N3O3/c14-10(8-7-15-5-6-16-8)13-2-1-9-11-3-4-12-9/h3-4,7H,1-2,5-6H2,(H,11,12)(H,13,14). The lowest BCUT2D eigenvalue weighted by Gasteiger charge is -2.14. The summed E-state index contributed by atoms with van der Waals surface area (Å²) in [6.45, 7) is 1.41. The fraction of sp³-hybridized carbons (Fsp3) is 0.400. The zero-order valence-corrected chi connectivity index (χ0v) is 8.73. The van der Waals surface area contributed by atoms with Crippen LogP contribution in [0.5, 0.6) is 0 Å². The van der Waals surface area contributed by atoms with Crippen LogP contribution in [0.4, 0.5) is 0 Å². The van der Waals surface area contributed by atoms with Gasteiger partial charge in [-0.05, 0) is 0 Å². The molecule has 6 nitrogen and oxygen atoms in total. The molecular formula is C10H13N3O3. The van der Waals surface area contributed by atoms with Gasteiger partial charge in [-0.15, -0.1) is 0 Å². The number of amides is 1. The number of carbonyl (C=O) groups is 1. The molecule has 2 heterocycles. The first-order valence-corrected chi connectivity index (χ1v) is 5.07. The molecule has 0 saturated heterocycles. The van der Waals surface area contributed by atoms with Crippen LogP contribution in [0, 0.1) is 0 Å². The third kappa shape index (κ3) is 2.75. The van der Waals surface area contributed by atoms with E-state index in [4.69, 9.17) is 9.47 Å². The number of nitrogens with one attached hydrogen (secondary N) is 2. The lowest BCUT2D eigenvalue weighted by molar-refractivity contribution is -0.122. The maximum Gasteiger partial charge on any atom is 0.289 e. The highest BCUT2D eigenvalue weighted by Crippen LogP contribution is 2.03. The number of hydrogen-bond acceptors (Lipinski definition) is 4. The van der Waals surface area contributed by atoms with E-state index in [0.717, 1.165) is 5.82 Å². The van der Waals surface area contributed by atoms with Crippen LogP contribution in [0.2, 0.25) is 0 Å². The van der Waals surface area contributed by atoms with Gasteiger partial charge in [0.05, 0.1) is 0 Å². The van der Waals surface area contributed by atoms with Crippen LogP contribution in [0.1, 0.15) is 5.82 Å². The summed E-state index contributed by atoms with van der Waals surface area (Å²) in [6.07, 6.45) is 5.42. The largest absolute Gasteiger partial charge is 0.494 e. The summed E-state index contributed by atoms with van der Waals surface area (Å²) >= 11 is 0. The number of carbonyl (C=O) groups excluding carboxylic acids is 1. The molecule has 0 bridgehead atoms. The fourth-order valence-corrected chi connectivity index (χ4v) is 1.30. The van der Waals surface area contributed by atoms with Crippen molar-refractivity contribution in [2.75, 3.05) is 19.8 Å². The predicted octanol–water partition coefficient (Wildman–Crippen LogP) is -0.0434. The minimum Gasteiger partial charge on any atom is -0.494 e. The fourth-order valence-electron chi connectivity index (χ4n) is 1.30. The molecule has 0 aromatic carbocycles. The zero-order valence-electron chi connectivity index (χ0n) is 8.73. The van der Waals surface area contributed by atoms with Crippen LogP contribution in [0.15, 0.2) is 24.4 Å². The minimum absolute atomic E-state index is 0.227. The average Bonchev–Trinajstić information content (AvgIpc) is 2.83. The summed E-state index contributed by atoms with van der Waals surface area (Å²) in [5.74, 6) is 0.812. The second-order valence-corrected chi connectivity index (χ2v) is 3.24. The summed E-state index contributed by atoms with van der Waals surface area (Å²) < 4.78 is 10.1. The highest BCUT2D eigenvalue weighted by Gasteiger charge is 2.14. The molecule has 0 spiro atoms. The predicted molar refractivity (Wildman–Crippen MR) is 55.3 cm³/mol. The highest BCUT2D eigenvalue weighted by molar-refractivity contribution is 5.91. The number of aromatic nitrogens is 2. The number of ether oxygens (including phenoxy) is 2. The number of aromatic amines is 1. The van der Waals surface area contributed by atoms with E-state index in [2.05, 4.69) is 15.3 Å². The van der Waals surface area contributed by atoms with Gasteiger partial charge in [0.2, 0.25) is 5.76 Å². The van der Waals surface area contributed by atoms with Crippen molar-refractivity contribution in [3.63, 3.8) is 0 Å². The van der Waals surface area contributed by atoms with Crippen molar-refractivity contribution in [3.8, 4) is 0 Å². The molecule has 0 atom stereocenters. The van der Waals surface area contributed by atoms with Gasteiger partial charge in [-0.25, -0.2) is 4.98 Å². The van der Waals surface area contributed by atoms with Gasteiger partial charge >= 0.3 is 0 Å². The summed E-state index contributed by atoms with van der Waals surface area (Å²) in [5, 5.41) is 2.72.